The van der Waals surface area contributed by atoms with E-state index in [1.165, 1.54) is 37.4 Å². The molecule has 146 valence electrons. The van der Waals surface area contributed by atoms with Crippen LogP contribution < -0.4 is 5.73 Å². The Bertz CT molecular complexity index is 778. The minimum Gasteiger partial charge on any atom is -0.366 e. The van der Waals surface area contributed by atoms with E-state index in [0.29, 0.717) is 5.75 Å². The van der Waals surface area contributed by atoms with Crippen molar-refractivity contribution in [1.82, 2.24) is 4.90 Å². The number of nitro benzene ring substituents is 1. The summed E-state index contributed by atoms with van der Waals surface area (Å²) in [6.45, 7) is 0. The van der Waals surface area contributed by atoms with Gasteiger partial charge in [0.05, 0.1) is 28.1 Å². The average Bonchev–Trinajstić information content (AvgIpc) is 2.81. The third-order valence-corrected chi connectivity index (χ3v) is 6.33. The molecular weight excluding hydrogens is 371 g/mol. The first-order chi connectivity index (χ1) is 12.9. The predicted octanol–water partition coefficient (Wildman–Crippen LogP) is 3.63. The van der Waals surface area contributed by atoms with E-state index in [1.54, 1.807) is 0 Å². The number of nitro groups is 1. The largest absolute Gasteiger partial charge is 0.366 e. The number of benzene rings is 1. The molecule has 0 aromatic heterocycles. The molecule has 1 saturated heterocycles. The van der Waals surface area contributed by atoms with Gasteiger partial charge >= 0.3 is 0 Å². The van der Waals surface area contributed by atoms with E-state index < -0.39 is 22.2 Å². The van der Waals surface area contributed by atoms with Gasteiger partial charge in [-0.05, 0) is 18.9 Å². The number of nitrogens with two attached hydrogens (primary N) is 1. The number of amidine groups is 1. The molecule has 3 rings (SSSR count). The molecule has 0 radical (unpaired) electrons. The van der Waals surface area contributed by atoms with E-state index in [2.05, 4.69) is 0 Å². The number of aliphatic imine (C=N–C) groups is 1. The van der Waals surface area contributed by atoms with Gasteiger partial charge in [0.15, 0.2) is 5.17 Å². The van der Waals surface area contributed by atoms with Crippen LogP contribution in [-0.4, -0.2) is 39.7 Å². The summed E-state index contributed by atoms with van der Waals surface area (Å²) in [4.78, 5) is 28.9. The summed E-state index contributed by atoms with van der Waals surface area (Å²) < 4.78 is 14.3. The van der Waals surface area contributed by atoms with E-state index in [0.717, 1.165) is 30.1 Å². The highest BCUT2D eigenvalue weighted by atomic mass is 32.2. The zero-order valence-corrected chi connectivity index (χ0v) is 16.0. The standard InChI is InChI=1S/C18H23FN4O3S/c1-22-16(10-27-18(22)21-11-6-4-2-3-5-7-11)13-8-14(19)12(17(20)24)9-15(13)23(25)26/h8-9,11,16H,2-7,10H2,1H3,(H2,20,24). The summed E-state index contributed by atoms with van der Waals surface area (Å²) in [6.07, 6.45) is 6.94. The zero-order chi connectivity index (χ0) is 19.6. The Kier molecular flexibility index (Phi) is 5.98. The molecule has 1 heterocycles. The molecule has 1 atom stereocenters. The Balaban J connectivity index is 1.89. The Morgan fingerprint density at radius 3 is 2.59 bits per heavy atom. The highest BCUT2D eigenvalue weighted by molar-refractivity contribution is 8.14. The van der Waals surface area contributed by atoms with Crippen LogP contribution in [0.2, 0.25) is 0 Å². The Morgan fingerprint density at radius 2 is 2.00 bits per heavy atom. The van der Waals surface area contributed by atoms with E-state index in [4.69, 9.17) is 10.7 Å². The molecule has 2 N–H and O–H groups in total. The molecule has 1 aromatic carbocycles. The second kappa shape index (κ2) is 8.24. The molecule has 27 heavy (non-hydrogen) atoms. The maximum atomic E-state index is 14.3. The first-order valence-corrected chi connectivity index (χ1v) is 10.1. The summed E-state index contributed by atoms with van der Waals surface area (Å²) in [5.74, 6) is -1.32. The first-order valence-electron chi connectivity index (χ1n) is 9.09. The van der Waals surface area contributed by atoms with Crippen LogP contribution in [-0.2, 0) is 0 Å². The van der Waals surface area contributed by atoms with E-state index in [-0.39, 0.29) is 23.3 Å². The van der Waals surface area contributed by atoms with E-state index in [9.17, 15) is 19.3 Å². The normalized spacial score (nSPS) is 22.8. The zero-order valence-electron chi connectivity index (χ0n) is 15.2. The Labute approximate surface area is 161 Å². The van der Waals surface area contributed by atoms with Crippen LogP contribution in [0.3, 0.4) is 0 Å². The number of hydrogen-bond donors (Lipinski definition) is 1. The third kappa shape index (κ3) is 4.23. The van der Waals surface area contributed by atoms with Crippen LogP contribution in [0.4, 0.5) is 10.1 Å². The van der Waals surface area contributed by atoms with Crippen molar-refractivity contribution in [2.75, 3.05) is 12.8 Å². The summed E-state index contributed by atoms with van der Waals surface area (Å²) in [5.41, 5.74) is 4.60. The number of amides is 1. The van der Waals surface area contributed by atoms with Crippen LogP contribution in [0, 0.1) is 15.9 Å². The maximum Gasteiger partial charge on any atom is 0.275 e. The number of hydrogen-bond acceptors (Lipinski definition) is 5. The van der Waals surface area contributed by atoms with Gasteiger partial charge in [0.2, 0.25) is 0 Å². The molecule has 7 nitrogen and oxygen atoms in total. The van der Waals surface area contributed by atoms with Crippen LogP contribution in [0.1, 0.15) is 60.5 Å². The fraction of sp³-hybridized carbons (Fsp3) is 0.556. The molecule has 1 aliphatic carbocycles. The van der Waals surface area contributed by atoms with Crippen molar-refractivity contribution in [2.24, 2.45) is 10.7 Å². The van der Waals surface area contributed by atoms with Crippen molar-refractivity contribution in [3.8, 4) is 0 Å². The summed E-state index contributed by atoms with van der Waals surface area (Å²) in [6, 6.07) is 1.90. The Morgan fingerprint density at radius 1 is 1.33 bits per heavy atom. The third-order valence-electron chi connectivity index (χ3n) is 5.19. The second-order valence-corrected chi connectivity index (χ2v) is 7.99. The van der Waals surface area contributed by atoms with Gasteiger partial charge in [-0.2, -0.15) is 0 Å². The van der Waals surface area contributed by atoms with Crippen molar-refractivity contribution in [2.45, 2.75) is 50.6 Å². The summed E-state index contributed by atoms with van der Waals surface area (Å²) in [5, 5.41) is 12.3. The lowest BCUT2D eigenvalue weighted by Crippen LogP contribution is -2.25. The van der Waals surface area contributed by atoms with Gasteiger partial charge < -0.3 is 10.6 Å². The molecule has 1 saturated carbocycles. The number of rotatable bonds is 4. The molecule has 2 aliphatic rings. The molecule has 9 heteroatoms. The topological polar surface area (TPSA) is 102 Å². The number of thioether (sulfide) groups is 1. The van der Waals surface area contributed by atoms with Gasteiger partial charge in [0.1, 0.15) is 5.82 Å². The van der Waals surface area contributed by atoms with Crippen molar-refractivity contribution >= 4 is 28.5 Å². The van der Waals surface area contributed by atoms with Crippen molar-refractivity contribution in [3.63, 3.8) is 0 Å². The molecule has 1 unspecified atom stereocenters. The molecule has 1 aliphatic heterocycles. The van der Waals surface area contributed by atoms with Gasteiger partial charge in [-0.3, -0.25) is 19.9 Å². The summed E-state index contributed by atoms with van der Waals surface area (Å²) in [7, 11) is 1.82. The monoisotopic (exact) mass is 394 g/mol. The molecule has 0 spiro atoms. The van der Waals surface area contributed by atoms with Gasteiger partial charge in [-0.25, -0.2) is 4.39 Å². The first kappa shape index (κ1) is 19.6. The minimum atomic E-state index is -1.02. The van der Waals surface area contributed by atoms with E-state index in [1.807, 2.05) is 11.9 Å². The number of nitrogens with zero attached hydrogens (tertiary/aromatic N) is 3. The number of primary amides is 1. The van der Waals surface area contributed by atoms with Crippen LogP contribution in [0.5, 0.6) is 0 Å². The van der Waals surface area contributed by atoms with Crippen molar-refractivity contribution in [3.05, 3.63) is 39.2 Å². The van der Waals surface area contributed by atoms with Crippen LogP contribution in [0.15, 0.2) is 17.1 Å². The van der Waals surface area contributed by atoms with Gasteiger partial charge in [-0.1, -0.05) is 37.4 Å². The van der Waals surface area contributed by atoms with E-state index >= 15 is 0 Å². The highest BCUT2D eigenvalue weighted by Gasteiger charge is 2.35. The quantitative estimate of drug-likeness (QED) is 0.477. The highest BCUT2D eigenvalue weighted by Crippen LogP contribution is 2.39. The predicted molar refractivity (Wildman–Crippen MR) is 103 cm³/mol. The Hall–Kier alpha value is -2.16. The lowest BCUT2D eigenvalue weighted by atomic mass is 10.0. The average molecular weight is 394 g/mol. The number of halogens is 1. The van der Waals surface area contributed by atoms with Crippen molar-refractivity contribution in [1.29, 1.82) is 0 Å². The van der Waals surface area contributed by atoms with Gasteiger partial charge in [0.25, 0.3) is 11.6 Å². The fourth-order valence-electron chi connectivity index (χ4n) is 3.66. The van der Waals surface area contributed by atoms with Gasteiger partial charge in [0, 0.05) is 18.9 Å². The molecule has 1 aromatic rings. The molecule has 2 fully saturated rings. The van der Waals surface area contributed by atoms with Crippen molar-refractivity contribution < 1.29 is 14.1 Å². The smallest absolute Gasteiger partial charge is 0.275 e. The molecular formula is C18H23FN4O3S. The molecule has 0 bridgehead atoms. The lowest BCUT2D eigenvalue weighted by Gasteiger charge is -2.22. The minimum absolute atomic E-state index is 0.239. The van der Waals surface area contributed by atoms with Crippen LogP contribution >= 0.6 is 11.8 Å². The number of carbonyl (C=O) groups excluding carboxylic acids is 1. The fourth-order valence-corrected chi connectivity index (χ4v) is 4.93. The van der Waals surface area contributed by atoms with Crippen LogP contribution in [0.25, 0.3) is 0 Å². The van der Waals surface area contributed by atoms with Gasteiger partial charge in [-0.15, -0.1) is 0 Å². The maximum absolute atomic E-state index is 14.3. The molecule has 1 amide bonds. The SMILES string of the molecule is CN1C(=NC2CCCCCC2)SCC1c1cc(F)c(C(N)=O)cc1[N+](=O)[O-]. The number of carbonyl (C=O) groups is 1. The lowest BCUT2D eigenvalue weighted by molar-refractivity contribution is -0.385. The summed E-state index contributed by atoms with van der Waals surface area (Å²) >= 11 is 1.53. The second-order valence-electron chi connectivity index (χ2n) is 7.01.